The van der Waals surface area contributed by atoms with Crippen LogP contribution in [0.25, 0.3) is 0 Å². The second-order valence-corrected chi connectivity index (χ2v) is 9.07. The van der Waals surface area contributed by atoms with Crippen LogP contribution in [0.1, 0.15) is 38.2 Å². The summed E-state index contributed by atoms with van der Waals surface area (Å²) < 4.78 is 26.1. The molecule has 0 bridgehead atoms. The van der Waals surface area contributed by atoms with Crippen LogP contribution in [0.5, 0.6) is 0 Å². The number of amides is 2. The number of hydrazone groups is 1. The Bertz CT molecular complexity index is 1050. The topological polar surface area (TPSA) is 108 Å². The fourth-order valence-electron chi connectivity index (χ4n) is 3.16. The number of rotatable bonds is 9. The zero-order valence-electron chi connectivity index (χ0n) is 17.4. The van der Waals surface area contributed by atoms with Crippen LogP contribution in [-0.2, 0) is 19.6 Å². The van der Waals surface area contributed by atoms with Gasteiger partial charge >= 0.3 is 0 Å². The Balaban J connectivity index is 1.47. The molecule has 31 heavy (non-hydrogen) atoms. The van der Waals surface area contributed by atoms with Crippen molar-refractivity contribution in [2.24, 2.45) is 5.10 Å². The Morgan fingerprint density at radius 1 is 1.00 bits per heavy atom. The summed E-state index contributed by atoms with van der Waals surface area (Å²) in [5.41, 5.74) is 2.83. The maximum atomic E-state index is 12.4. The maximum Gasteiger partial charge on any atom is 0.243 e. The third-order valence-corrected chi connectivity index (χ3v) is 6.17. The highest BCUT2D eigenvalue weighted by Gasteiger charge is 2.22. The predicted molar refractivity (Wildman–Crippen MR) is 121 cm³/mol. The first-order chi connectivity index (χ1) is 14.9. The van der Waals surface area contributed by atoms with Gasteiger partial charge in [-0.25, -0.2) is 13.4 Å². The molecule has 0 fully saturated rings. The van der Waals surface area contributed by atoms with E-state index in [0.29, 0.717) is 30.8 Å². The molecule has 3 rings (SSSR count). The predicted octanol–water partition coefficient (Wildman–Crippen LogP) is 3.19. The summed E-state index contributed by atoms with van der Waals surface area (Å²) in [6.45, 7) is 2.31. The minimum absolute atomic E-state index is 0.0381. The monoisotopic (exact) mass is 442 g/mol. The molecule has 1 aliphatic rings. The average Bonchev–Trinajstić information content (AvgIpc) is 3.24. The van der Waals surface area contributed by atoms with E-state index in [2.05, 4.69) is 15.1 Å². The highest BCUT2D eigenvalue weighted by molar-refractivity contribution is 7.92. The van der Waals surface area contributed by atoms with E-state index in [4.69, 9.17) is 0 Å². The van der Waals surface area contributed by atoms with Gasteiger partial charge in [0.05, 0.1) is 18.0 Å². The molecule has 0 spiro atoms. The fourth-order valence-corrected chi connectivity index (χ4v) is 4.30. The van der Waals surface area contributed by atoms with Gasteiger partial charge in [0, 0.05) is 30.6 Å². The van der Waals surface area contributed by atoms with Gasteiger partial charge in [0.25, 0.3) is 0 Å². The van der Waals surface area contributed by atoms with Crippen LogP contribution < -0.4 is 10.0 Å². The van der Waals surface area contributed by atoms with Gasteiger partial charge in [0.1, 0.15) is 0 Å². The van der Waals surface area contributed by atoms with Crippen LogP contribution in [0.3, 0.4) is 0 Å². The molecule has 2 amide bonds. The maximum absolute atomic E-state index is 12.4. The molecule has 0 aliphatic carbocycles. The number of carbonyl (C=O) groups is 2. The van der Waals surface area contributed by atoms with E-state index in [-0.39, 0.29) is 30.4 Å². The largest absolute Gasteiger partial charge is 0.326 e. The van der Waals surface area contributed by atoms with Crippen molar-refractivity contribution in [2.75, 3.05) is 22.3 Å². The minimum Gasteiger partial charge on any atom is -0.326 e. The lowest BCUT2D eigenvalue weighted by atomic mass is 10.1. The summed E-state index contributed by atoms with van der Waals surface area (Å²) >= 11 is 0. The lowest BCUT2D eigenvalue weighted by Crippen LogP contribution is -2.25. The first kappa shape index (κ1) is 22.5. The Kier molecular flexibility index (Phi) is 7.41. The average molecular weight is 443 g/mol. The number of nitrogens with zero attached hydrogens (tertiary/aromatic N) is 2. The Hall–Kier alpha value is -3.20. The van der Waals surface area contributed by atoms with Crippen molar-refractivity contribution in [3.05, 3.63) is 60.2 Å². The van der Waals surface area contributed by atoms with Crippen LogP contribution >= 0.6 is 0 Å². The van der Waals surface area contributed by atoms with Crippen molar-refractivity contribution >= 4 is 38.9 Å². The van der Waals surface area contributed by atoms with Crippen LogP contribution in [0.4, 0.5) is 11.4 Å². The molecule has 8 nitrogen and oxygen atoms in total. The van der Waals surface area contributed by atoms with E-state index in [1.165, 1.54) is 5.01 Å². The van der Waals surface area contributed by atoms with Crippen molar-refractivity contribution in [1.82, 2.24) is 5.01 Å². The quantitative estimate of drug-likeness (QED) is 0.622. The number of nitrogens with one attached hydrogen (secondary N) is 2. The van der Waals surface area contributed by atoms with Crippen molar-refractivity contribution in [1.29, 1.82) is 0 Å². The van der Waals surface area contributed by atoms with Crippen LogP contribution in [0, 0.1) is 0 Å². The number of hydrogen-bond acceptors (Lipinski definition) is 5. The molecule has 0 radical (unpaired) electrons. The van der Waals surface area contributed by atoms with Crippen molar-refractivity contribution < 1.29 is 18.0 Å². The zero-order valence-corrected chi connectivity index (χ0v) is 18.2. The normalized spacial score (nSPS) is 13.6. The molecular weight excluding hydrogens is 416 g/mol. The number of hydrogen-bond donors (Lipinski definition) is 2. The van der Waals surface area contributed by atoms with E-state index in [0.717, 1.165) is 11.3 Å². The van der Waals surface area contributed by atoms with Crippen LogP contribution in [0.2, 0.25) is 0 Å². The summed E-state index contributed by atoms with van der Waals surface area (Å²) in [6.07, 6.45) is 1.32. The molecule has 0 aromatic heterocycles. The second-order valence-electron chi connectivity index (χ2n) is 7.23. The lowest BCUT2D eigenvalue weighted by molar-refractivity contribution is -0.132. The molecule has 0 unspecified atom stereocenters. The van der Waals surface area contributed by atoms with Crippen LogP contribution in [0.15, 0.2) is 59.7 Å². The van der Waals surface area contributed by atoms with E-state index >= 15 is 0 Å². The lowest BCUT2D eigenvalue weighted by Gasteiger charge is -2.11. The van der Waals surface area contributed by atoms with Crippen molar-refractivity contribution in [3.63, 3.8) is 0 Å². The fraction of sp³-hybridized carbons (Fsp3) is 0.318. The Labute approximate surface area is 182 Å². The van der Waals surface area contributed by atoms with Gasteiger partial charge in [-0.05, 0) is 36.2 Å². The number of carbonyl (C=O) groups excluding carboxylic acids is 2. The van der Waals surface area contributed by atoms with E-state index in [9.17, 15) is 18.0 Å². The molecule has 1 heterocycles. The van der Waals surface area contributed by atoms with E-state index in [1.807, 2.05) is 30.3 Å². The molecule has 9 heteroatoms. The van der Waals surface area contributed by atoms with Gasteiger partial charge < -0.3 is 5.32 Å². The highest BCUT2D eigenvalue weighted by Crippen LogP contribution is 2.17. The molecule has 0 atom stereocenters. The Morgan fingerprint density at radius 3 is 2.35 bits per heavy atom. The molecular formula is C22H26N4O4S. The first-order valence-corrected chi connectivity index (χ1v) is 11.8. The van der Waals surface area contributed by atoms with Gasteiger partial charge in [0.15, 0.2) is 0 Å². The number of benzene rings is 2. The molecule has 164 valence electrons. The number of anilines is 2. The molecule has 0 saturated heterocycles. The van der Waals surface area contributed by atoms with E-state index < -0.39 is 10.0 Å². The van der Waals surface area contributed by atoms with Gasteiger partial charge in [-0.3, -0.25) is 14.3 Å². The molecule has 2 aromatic rings. The summed E-state index contributed by atoms with van der Waals surface area (Å²) in [7, 11) is -3.36. The standard InChI is InChI=1S/C22H26N4O4S/c1-2-16-31(29,30)25-19-10-8-18(9-11-19)23-21(27)12-13-22(28)26-15-14-20(24-26)17-6-4-3-5-7-17/h3-11,25H,2,12-16H2,1H3,(H,23,27). The summed E-state index contributed by atoms with van der Waals surface area (Å²) in [6, 6.07) is 16.1. The van der Waals surface area contributed by atoms with Gasteiger partial charge in [-0.1, -0.05) is 37.3 Å². The van der Waals surface area contributed by atoms with Crippen LogP contribution in [-0.4, -0.2) is 43.3 Å². The SMILES string of the molecule is CCCS(=O)(=O)Nc1ccc(NC(=O)CCC(=O)N2CCC(c3ccccc3)=N2)cc1. The third-order valence-electron chi connectivity index (χ3n) is 4.68. The molecule has 2 N–H and O–H groups in total. The summed E-state index contributed by atoms with van der Waals surface area (Å²) in [5.74, 6) is -0.436. The van der Waals surface area contributed by atoms with Gasteiger partial charge in [-0.2, -0.15) is 5.10 Å². The van der Waals surface area contributed by atoms with Gasteiger partial charge in [-0.15, -0.1) is 0 Å². The number of sulfonamides is 1. The summed E-state index contributed by atoms with van der Waals surface area (Å²) in [5, 5.41) is 8.52. The molecule has 2 aromatic carbocycles. The third kappa shape index (κ3) is 6.65. The molecule has 1 aliphatic heterocycles. The second kappa shape index (κ2) is 10.2. The van der Waals surface area contributed by atoms with Crippen molar-refractivity contribution in [3.8, 4) is 0 Å². The van der Waals surface area contributed by atoms with E-state index in [1.54, 1.807) is 31.2 Å². The first-order valence-electron chi connectivity index (χ1n) is 10.2. The smallest absolute Gasteiger partial charge is 0.243 e. The molecule has 0 saturated carbocycles. The minimum atomic E-state index is -3.36. The summed E-state index contributed by atoms with van der Waals surface area (Å²) in [4.78, 5) is 24.6. The zero-order chi connectivity index (χ0) is 22.3. The Morgan fingerprint density at radius 2 is 1.68 bits per heavy atom. The van der Waals surface area contributed by atoms with Gasteiger partial charge in [0.2, 0.25) is 21.8 Å². The van der Waals surface area contributed by atoms with Crippen molar-refractivity contribution in [2.45, 2.75) is 32.6 Å². The highest BCUT2D eigenvalue weighted by atomic mass is 32.2.